The number of thiophene rings is 1. The molecule has 0 bridgehead atoms. The van der Waals surface area contributed by atoms with Crippen LogP contribution in [0, 0.1) is 0 Å². The Morgan fingerprint density at radius 1 is 0.440 bits per heavy atom. The van der Waals surface area contributed by atoms with E-state index in [1.165, 1.54) is 58.4 Å². The molecule has 3 nitrogen and oxygen atoms in total. The Labute approximate surface area is 289 Å². The highest BCUT2D eigenvalue weighted by molar-refractivity contribution is 7.25. The lowest BCUT2D eigenvalue weighted by molar-refractivity contribution is 0.344. The van der Waals surface area contributed by atoms with Gasteiger partial charge < -0.3 is 13.6 Å². The van der Waals surface area contributed by atoms with E-state index in [9.17, 15) is 0 Å². The van der Waals surface area contributed by atoms with Gasteiger partial charge in [0.15, 0.2) is 0 Å². The van der Waals surface area contributed by atoms with E-state index in [4.69, 9.17) is 13.6 Å². The summed E-state index contributed by atoms with van der Waals surface area (Å²) >= 11 is 1.84. The van der Waals surface area contributed by atoms with E-state index in [2.05, 4.69) is 127 Å². The predicted octanol–water partition coefficient (Wildman–Crippen LogP) is 13.4. The van der Waals surface area contributed by atoms with E-state index in [0.717, 1.165) is 55.2 Å². The fourth-order valence-corrected chi connectivity index (χ4v) is 9.93. The van der Waals surface area contributed by atoms with E-state index < -0.39 is 0 Å². The van der Waals surface area contributed by atoms with Gasteiger partial charge >= 0.3 is 0 Å². The molecular weight excluding hydrogens is 633 g/mol. The van der Waals surface area contributed by atoms with E-state index in [0.29, 0.717) is 6.61 Å². The first kappa shape index (κ1) is 26.8. The Bertz CT molecular complexity index is 3080. The molecule has 0 N–H and O–H groups in total. The molecule has 0 saturated heterocycles. The summed E-state index contributed by atoms with van der Waals surface area (Å²) in [5, 5.41) is 11.9. The Morgan fingerprint density at radius 3 is 1.62 bits per heavy atom. The minimum atomic E-state index is 0.0808. The van der Waals surface area contributed by atoms with Crippen LogP contribution >= 0.6 is 11.3 Å². The molecule has 1 atom stereocenters. The van der Waals surface area contributed by atoms with Gasteiger partial charge in [-0.1, -0.05) is 103 Å². The number of benzene rings is 8. The van der Waals surface area contributed by atoms with Gasteiger partial charge in [0.1, 0.15) is 28.1 Å². The zero-order chi connectivity index (χ0) is 32.5. The topological polar surface area (TPSA) is 35.5 Å². The van der Waals surface area contributed by atoms with E-state index in [1.54, 1.807) is 0 Å². The first-order valence-corrected chi connectivity index (χ1v) is 17.9. The van der Waals surface area contributed by atoms with Crippen molar-refractivity contribution >= 4 is 96.9 Å². The summed E-state index contributed by atoms with van der Waals surface area (Å²) < 4.78 is 22.3. The van der Waals surface area contributed by atoms with Crippen LogP contribution in [0.4, 0.5) is 0 Å². The molecule has 11 aromatic rings. The van der Waals surface area contributed by atoms with Gasteiger partial charge in [-0.25, -0.2) is 0 Å². The van der Waals surface area contributed by atoms with Gasteiger partial charge in [-0.2, -0.15) is 0 Å². The fraction of sp³-hybridized carbons (Fsp3) is 0.0435. The molecule has 1 aliphatic heterocycles. The summed E-state index contributed by atoms with van der Waals surface area (Å²) in [6.07, 6.45) is 0. The minimum Gasteiger partial charge on any atom is -0.492 e. The average molecular weight is 659 g/mol. The van der Waals surface area contributed by atoms with Crippen LogP contribution in [0.5, 0.6) is 5.75 Å². The fourth-order valence-electron chi connectivity index (χ4n) is 8.82. The number of fused-ring (bicyclic) bond motifs is 12. The van der Waals surface area contributed by atoms with Crippen molar-refractivity contribution in [1.82, 2.24) is 0 Å². The third-order valence-corrected chi connectivity index (χ3v) is 12.0. The maximum absolute atomic E-state index is 6.57. The summed E-state index contributed by atoms with van der Waals surface area (Å²) in [4.78, 5) is 0. The second-order valence-electron chi connectivity index (χ2n) is 13.4. The Hall–Kier alpha value is -6.10. The number of rotatable bonds is 2. The molecule has 0 fully saturated rings. The van der Waals surface area contributed by atoms with Crippen molar-refractivity contribution in [2.24, 2.45) is 0 Å². The van der Waals surface area contributed by atoms with Crippen LogP contribution in [0.3, 0.4) is 0 Å². The monoisotopic (exact) mass is 658 g/mol. The molecule has 12 rings (SSSR count). The first-order valence-electron chi connectivity index (χ1n) is 17.1. The van der Waals surface area contributed by atoms with E-state index >= 15 is 0 Å². The maximum atomic E-state index is 6.57. The Morgan fingerprint density at radius 2 is 0.980 bits per heavy atom. The Balaban J connectivity index is 1.24. The highest BCUT2D eigenvalue weighted by atomic mass is 32.1. The van der Waals surface area contributed by atoms with Crippen LogP contribution in [-0.2, 0) is 0 Å². The lowest BCUT2D eigenvalue weighted by Gasteiger charge is -2.21. The molecule has 0 aliphatic carbocycles. The van der Waals surface area contributed by atoms with Gasteiger partial charge in [0, 0.05) is 64.8 Å². The highest BCUT2D eigenvalue weighted by Crippen LogP contribution is 2.53. The third kappa shape index (κ3) is 3.48. The van der Waals surface area contributed by atoms with Gasteiger partial charge in [-0.05, 0) is 63.0 Å². The van der Waals surface area contributed by atoms with Crippen molar-refractivity contribution in [3.05, 3.63) is 151 Å². The van der Waals surface area contributed by atoms with E-state index in [1.807, 2.05) is 23.5 Å². The molecule has 0 amide bonds. The zero-order valence-corrected chi connectivity index (χ0v) is 27.5. The van der Waals surface area contributed by atoms with Crippen LogP contribution in [0.25, 0.3) is 96.7 Å². The third-order valence-electron chi connectivity index (χ3n) is 10.9. The summed E-state index contributed by atoms with van der Waals surface area (Å²) in [5.74, 6) is 1.07. The molecule has 4 heterocycles. The molecule has 0 saturated carbocycles. The van der Waals surface area contributed by atoms with Crippen molar-refractivity contribution in [3.8, 4) is 16.9 Å². The molecule has 234 valence electrons. The summed E-state index contributed by atoms with van der Waals surface area (Å²) in [6.45, 7) is 0.608. The normalized spacial score (nSPS) is 14.7. The molecular formula is C46H26O3S. The second-order valence-corrected chi connectivity index (χ2v) is 14.5. The van der Waals surface area contributed by atoms with Gasteiger partial charge in [0.25, 0.3) is 0 Å². The van der Waals surface area contributed by atoms with Crippen LogP contribution in [-0.4, -0.2) is 6.61 Å². The number of furan rings is 2. The van der Waals surface area contributed by atoms with Crippen LogP contribution in [0.1, 0.15) is 17.0 Å². The average Bonchev–Trinajstić information content (AvgIpc) is 3.93. The van der Waals surface area contributed by atoms with Crippen LogP contribution < -0.4 is 4.74 Å². The molecule has 50 heavy (non-hydrogen) atoms. The lowest BCUT2D eigenvalue weighted by atomic mass is 9.80. The van der Waals surface area contributed by atoms with E-state index in [-0.39, 0.29) is 5.92 Å². The molecule has 0 radical (unpaired) electrons. The highest BCUT2D eigenvalue weighted by Gasteiger charge is 2.32. The molecule has 1 aliphatic rings. The van der Waals surface area contributed by atoms with Crippen molar-refractivity contribution in [3.63, 3.8) is 0 Å². The number of para-hydroxylation sites is 2. The molecule has 1 unspecified atom stereocenters. The molecule has 4 heteroatoms. The van der Waals surface area contributed by atoms with Crippen LogP contribution in [0.2, 0.25) is 0 Å². The molecule has 0 spiro atoms. The molecule has 3 aromatic heterocycles. The summed E-state index contributed by atoms with van der Waals surface area (Å²) in [7, 11) is 0. The second kappa shape index (κ2) is 9.75. The quantitative estimate of drug-likeness (QED) is 0.173. The SMILES string of the molecule is c1ccc2c(c1)oc1cc3oc4ccccc4c3c(-c3c4ccccc4c(C4COc5cc6sc7ccccc7c6cc54)c4ccccc34)c12. The molecule has 8 aromatic carbocycles. The number of ether oxygens (including phenoxy) is 1. The number of hydrogen-bond acceptors (Lipinski definition) is 4. The first-order chi connectivity index (χ1) is 24.8. The Kier molecular flexibility index (Phi) is 5.23. The van der Waals surface area contributed by atoms with Crippen molar-refractivity contribution in [2.75, 3.05) is 6.61 Å². The number of hydrogen-bond donors (Lipinski definition) is 0. The smallest absolute Gasteiger partial charge is 0.139 e. The van der Waals surface area contributed by atoms with Gasteiger partial charge in [0.05, 0.1) is 6.61 Å². The zero-order valence-electron chi connectivity index (χ0n) is 26.7. The van der Waals surface area contributed by atoms with Gasteiger partial charge in [-0.3, -0.25) is 0 Å². The predicted molar refractivity (Wildman–Crippen MR) is 208 cm³/mol. The standard InChI is InChI=1S/C46H26O3S/c1-3-14-28-26(12-1)42(34-24-47-37-23-41-33(21-32(34)37)25-11-7-10-20-40(25)50-41)27-13-2-4-15-29(27)43(28)46-44-30-16-5-8-18-35(30)48-38(44)22-39-45(46)31-17-6-9-19-36(31)49-39/h1-23,34H,24H2. The van der Waals surface area contributed by atoms with Crippen molar-refractivity contribution in [2.45, 2.75) is 5.92 Å². The summed E-state index contributed by atoms with van der Waals surface area (Å²) in [5.41, 5.74) is 8.33. The lowest BCUT2D eigenvalue weighted by Crippen LogP contribution is -2.05. The largest absolute Gasteiger partial charge is 0.492 e. The maximum Gasteiger partial charge on any atom is 0.139 e. The summed E-state index contributed by atoms with van der Waals surface area (Å²) in [6, 6.07) is 50.1. The van der Waals surface area contributed by atoms with Crippen molar-refractivity contribution < 1.29 is 13.6 Å². The van der Waals surface area contributed by atoms with Gasteiger partial charge in [-0.15, -0.1) is 11.3 Å². The van der Waals surface area contributed by atoms with Crippen molar-refractivity contribution in [1.29, 1.82) is 0 Å². The minimum absolute atomic E-state index is 0.0808. The van der Waals surface area contributed by atoms with Gasteiger partial charge in [0.2, 0.25) is 0 Å². The van der Waals surface area contributed by atoms with Crippen LogP contribution in [0.15, 0.2) is 148 Å².